The number of nitrogens with zero attached hydrogens (tertiary/aromatic N) is 4. The summed E-state index contributed by atoms with van der Waals surface area (Å²) < 4.78 is 7.81. The van der Waals surface area contributed by atoms with Crippen LogP contribution in [0.25, 0.3) is 0 Å². The quantitative estimate of drug-likeness (QED) is 0.371. The first kappa shape index (κ1) is 23.3. The van der Waals surface area contributed by atoms with Crippen molar-refractivity contribution in [2.75, 3.05) is 26.7 Å². The molecule has 0 aliphatic carbocycles. The monoisotopic (exact) mass is 485 g/mol. The first-order valence-electron chi connectivity index (χ1n) is 9.11. The number of aryl methyl sites for hydroxylation is 3. The maximum Gasteiger partial charge on any atom is 0.194 e. The summed E-state index contributed by atoms with van der Waals surface area (Å²) in [4.78, 5) is 6.88. The van der Waals surface area contributed by atoms with Crippen LogP contribution in [0.3, 0.4) is 0 Å². The molecule has 0 saturated heterocycles. The average molecular weight is 485 g/mol. The van der Waals surface area contributed by atoms with Crippen molar-refractivity contribution >= 4 is 29.9 Å². The third-order valence-corrected chi connectivity index (χ3v) is 4.52. The number of benzene rings is 1. The Bertz CT molecular complexity index is 757. The number of ether oxygens (including phenoxy) is 1. The molecule has 2 rings (SSSR count). The third-order valence-electron chi connectivity index (χ3n) is 4.52. The van der Waals surface area contributed by atoms with Crippen molar-refractivity contribution in [2.24, 2.45) is 12.0 Å². The second-order valence-electron chi connectivity index (χ2n) is 6.48. The van der Waals surface area contributed by atoms with Gasteiger partial charge in [0.25, 0.3) is 0 Å². The minimum atomic E-state index is 0. The van der Waals surface area contributed by atoms with E-state index in [9.17, 15) is 0 Å². The Kier molecular flexibility index (Phi) is 9.62. The summed E-state index contributed by atoms with van der Waals surface area (Å²) in [6, 6.07) is 8.08. The molecule has 0 bridgehead atoms. The molecule has 7 heteroatoms. The molecule has 0 amide bonds. The van der Waals surface area contributed by atoms with Crippen molar-refractivity contribution in [1.82, 2.24) is 20.0 Å². The second-order valence-corrected chi connectivity index (χ2v) is 6.48. The number of guanidine groups is 1. The summed E-state index contributed by atoms with van der Waals surface area (Å²) >= 11 is 0. The minimum Gasteiger partial charge on any atom is -0.491 e. The lowest BCUT2D eigenvalue weighted by Crippen LogP contribution is -2.40. The van der Waals surface area contributed by atoms with Gasteiger partial charge in [0, 0.05) is 31.9 Å². The van der Waals surface area contributed by atoms with E-state index < -0.39 is 0 Å². The zero-order valence-corrected chi connectivity index (χ0v) is 19.6. The molecule has 0 aliphatic rings. The fourth-order valence-corrected chi connectivity index (χ4v) is 2.79. The number of hydrogen-bond acceptors (Lipinski definition) is 3. The van der Waals surface area contributed by atoms with E-state index in [1.54, 1.807) is 0 Å². The Morgan fingerprint density at radius 1 is 1.26 bits per heavy atom. The molecule has 1 N–H and O–H groups in total. The molecule has 0 radical (unpaired) electrons. The highest BCUT2D eigenvalue weighted by molar-refractivity contribution is 14.0. The van der Waals surface area contributed by atoms with Crippen LogP contribution in [-0.4, -0.2) is 47.4 Å². The van der Waals surface area contributed by atoms with E-state index in [0.717, 1.165) is 41.7 Å². The molecular formula is C20H32IN5O. The number of likely N-dealkylation sites (N-methyl/N-ethyl adjacent to an activating group) is 1. The van der Waals surface area contributed by atoms with Crippen LogP contribution in [0.4, 0.5) is 0 Å². The van der Waals surface area contributed by atoms with E-state index in [-0.39, 0.29) is 24.0 Å². The van der Waals surface area contributed by atoms with Gasteiger partial charge in [-0.3, -0.25) is 4.68 Å². The summed E-state index contributed by atoms with van der Waals surface area (Å²) in [6.07, 6.45) is 0. The lowest BCUT2D eigenvalue weighted by atomic mass is 10.2. The van der Waals surface area contributed by atoms with E-state index in [0.29, 0.717) is 13.2 Å². The minimum absolute atomic E-state index is 0. The number of rotatable bonds is 7. The fraction of sp³-hybridized carbons (Fsp3) is 0.500. The Morgan fingerprint density at radius 3 is 2.56 bits per heavy atom. The van der Waals surface area contributed by atoms with Crippen molar-refractivity contribution in [3.8, 4) is 5.75 Å². The molecule has 27 heavy (non-hydrogen) atoms. The van der Waals surface area contributed by atoms with Crippen LogP contribution in [0.5, 0.6) is 5.75 Å². The van der Waals surface area contributed by atoms with Crippen molar-refractivity contribution < 1.29 is 4.74 Å². The van der Waals surface area contributed by atoms with E-state index >= 15 is 0 Å². The van der Waals surface area contributed by atoms with E-state index in [2.05, 4.69) is 42.2 Å². The smallest absolute Gasteiger partial charge is 0.194 e. The SMILES string of the molecule is CCNC(=NCc1c(C)nn(C)c1C)N(C)CCOc1ccccc1C.I. The highest BCUT2D eigenvalue weighted by Gasteiger charge is 2.11. The number of halogens is 1. The predicted molar refractivity (Wildman–Crippen MR) is 122 cm³/mol. The van der Waals surface area contributed by atoms with Crippen LogP contribution in [0.2, 0.25) is 0 Å². The van der Waals surface area contributed by atoms with Crippen LogP contribution < -0.4 is 10.1 Å². The van der Waals surface area contributed by atoms with Gasteiger partial charge in [-0.15, -0.1) is 24.0 Å². The summed E-state index contributed by atoms with van der Waals surface area (Å²) in [5.74, 6) is 1.81. The maximum absolute atomic E-state index is 5.90. The van der Waals surface area contributed by atoms with Gasteiger partial charge in [-0.05, 0) is 39.3 Å². The van der Waals surface area contributed by atoms with Crippen LogP contribution in [0, 0.1) is 20.8 Å². The second kappa shape index (κ2) is 11.2. The lowest BCUT2D eigenvalue weighted by molar-refractivity contribution is 0.280. The maximum atomic E-state index is 5.90. The molecule has 0 atom stereocenters. The van der Waals surface area contributed by atoms with Crippen LogP contribution in [0.1, 0.15) is 29.4 Å². The molecule has 150 valence electrons. The first-order valence-corrected chi connectivity index (χ1v) is 9.11. The molecule has 0 aliphatic heterocycles. The van der Waals surface area contributed by atoms with Crippen molar-refractivity contribution in [3.63, 3.8) is 0 Å². The number of aromatic nitrogens is 2. The van der Waals surface area contributed by atoms with Gasteiger partial charge in [0.1, 0.15) is 12.4 Å². The highest BCUT2D eigenvalue weighted by atomic mass is 127. The van der Waals surface area contributed by atoms with Gasteiger partial charge in [-0.1, -0.05) is 18.2 Å². The Labute approximate surface area is 180 Å². The molecule has 1 aromatic heterocycles. The molecule has 6 nitrogen and oxygen atoms in total. The predicted octanol–water partition coefficient (Wildman–Crippen LogP) is 3.44. The lowest BCUT2D eigenvalue weighted by Gasteiger charge is -2.22. The van der Waals surface area contributed by atoms with Crippen LogP contribution >= 0.6 is 24.0 Å². The highest BCUT2D eigenvalue weighted by Crippen LogP contribution is 2.16. The van der Waals surface area contributed by atoms with E-state index in [1.165, 1.54) is 5.56 Å². The molecule has 0 spiro atoms. The number of para-hydroxylation sites is 1. The van der Waals surface area contributed by atoms with Gasteiger partial charge >= 0.3 is 0 Å². The Balaban J connectivity index is 0.00000364. The van der Waals surface area contributed by atoms with Crippen molar-refractivity contribution in [2.45, 2.75) is 34.2 Å². The van der Waals surface area contributed by atoms with Gasteiger partial charge in [-0.2, -0.15) is 5.10 Å². The first-order chi connectivity index (χ1) is 12.4. The van der Waals surface area contributed by atoms with Crippen LogP contribution in [-0.2, 0) is 13.6 Å². The number of hydrogen-bond donors (Lipinski definition) is 1. The molecule has 2 aromatic rings. The van der Waals surface area contributed by atoms with Gasteiger partial charge in [0.2, 0.25) is 0 Å². The van der Waals surface area contributed by atoms with Gasteiger partial charge < -0.3 is 15.0 Å². The molecule has 1 aromatic carbocycles. The molecule has 1 heterocycles. The molecule has 0 unspecified atom stereocenters. The zero-order chi connectivity index (χ0) is 19.1. The summed E-state index contributed by atoms with van der Waals surface area (Å²) in [7, 11) is 4.00. The topological polar surface area (TPSA) is 54.7 Å². The summed E-state index contributed by atoms with van der Waals surface area (Å²) in [5.41, 5.74) is 4.54. The average Bonchev–Trinajstić information content (AvgIpc) is 2.85. The summed E-state index contributed by atoms with van der Waals surface area (Å²) in [6.45, 7) is 11.1. The third kappa shape index (κ3) is 6.41. The molecule has 0 saturated carbocycles. The van der Waals surface area contributed by atoms with Gasteiger partial charge in [0.15, 0.2) is 5.96 Å². The van der Waals surface area contributed by atoms with Crippen molar-refractivity contribution in [1.29, 1.82) is 0 Å². The number of aliphatic imine (C=N–C) groups is 1. The summed E-state index contributed by atoms with van der Waals surface area (Å²) in [5, 5.41) is 7.82. The Hall–Kier alpha value is -1.77. The number of nitrogens with one attached hydrogen (secondary N) is 1. The van der Waals surface area contributed by atoms with Gasteiger partial charge in [-0.25, -0.2) is 4.99 Å². The van der Waals surface area contributed by atoms with Crippen molar-refractivity contribution in [3.05, 3.63) is 46.8 Å². The molecular weight excluding hydrogens is 453 g/mol. The Morgan fingerprint density at radius 2 is 1.96 bits per heavy atom. The molecule has 0 fully saturated rings. The standard InChI is InChI=1S/C20H31N5O.HI/c1-7-21-20(22-14-18-16(3)23-25(6)17(18)4)24(5)12-13-26-19-11-9-8-10-15(19)2;/h8-11H,7,12-14H2,1-6H3,(H,21,22);1H. The van der Waals surface area contributed by atoms with E-state index in [1.807, 2.05) is 43.9 Å². The van der Waals surface area contributed by atoms with Gasteiger partial charge in [0.05, 0.1) is 18.8 Å². The largest absolute Gasteiger partial charge is 0.491 e. The zero-order valence-electron chi connectivity index (χ0n) is 17.2. The normalized spacial score (nSPS) is 11.1. The van der Waals surface area contributed by atoms with Crippen LogP contribution in [0.15, 0.2) is 29.3 Å². The fourth-order valence-electron chi connectivity index (χ4n) is 2.79. The van der Waals surface area contributed by atoms with E-state index in [4.69, 9.17) is 9.73 Å².